The van der Waals surface area contributed by atoms with E-state index in [1.54, 1.807) is 18.2 Å². The summed E-state index contributed by atoms with van der Waals surface area (Å²) in [6, 6.07) is 11.5. The number of amidine groups is 1. The summed E-state index contributed by atoms with van der Waals surface area (Å²) in [5, 5.41) is 7.37. The molecule has 2 aromatic carbocycles. The highest BCUT2D eigenvalue weighted by Gasteiger charge is 2.04. The third-order valence-corrected chi connectivity index (χ3v) is 3.15. The second-order valence-electron chi connectivity index (χ2n) is 3.98. The van der Waals surface area contributed by atoms with Crippen LogP contribution in [0.4, 0.5) is 4.39 Å². The van der Waals surface area contributed by atoms with Gasteiger partial charge in [-0.25, -0.2) is 4.39 Å². The largest absolute Gasteiger partial charge is 0.488 e. The number of nitrogens with two attached hydrogens (primary N) is 1. The average molecular weight is 323 g/mol. The Labute approximate surface area is 118 Å². The minimum Gasteiger partial charge on any atom is -0.488 e. The van der Waals surface area contributed by atoms with Crippen molar-refractivity contribution in [2.75, 3.05) is 0 Å². The molecule has 0 heterocycles. The van der Waals surface area contributed by atoms with Gasteiger partial charge in [-0.15, -0.1) is 0 Å². The summed E-state index contributed by atoms with van der Waals surface area (Å²) in [7, 11) is 0. The normalized spacial score (nSPS) is 10.2. The van der Waals surface area contributed by atoms with E-state index in [1.807, 2.05) is 12.1 Å². The Kier molecular flexibility index (Phi) is 4.16. The Bertz CT molecular complexity index is 616. The summed E-state index contributed by atoms with van der Waals surface area (Å²) in [4.78, 5) is 0. The molecule has 0 atom stereocenters. The Morgan fingerprint density at radius 1 is 1.26 bits per heavy atom. The topological polar surface area (TPSA) is 59.1 Å². The highest BCUT2D eigenvalue weighted by Crippen LogP contribution is 2.26. The first kappa shape index (κ1) is 13.5. The molecule has 0 radical (unpaired) electrons. The maximum Gasteiger partial charge on any atom is 0.134 e. The van der Waals surface area contributed by atoms with Gasteiger partial charge in [0.2, 0.25) is 0 Å². The van der Waals surface area contributed by atoms with Gasteiger partial charge in [0.05, 0.1) is 4.47 Å². The van der Waals surface area contributed by atoms with Crippen LogP contribution < -0.4 is 10.5 Å². The van der Waals surface area contributed by atoms with Gasteiger partial charge in [-0.05, 0) is 45.8 Å². The van der Waals surface area contributed by atoms with Gasteiger partial charge in [-0.1, -0.05) is 18.2 Å². The van der Waals surface area contributed by atoms with Gasteiger partial charge in [0, 0.05) is 5.56 Å². The molecule has 98 valence electrons. The van der Waals surface area contributed by atoms with Crippen molar-refractivity contribution >= 4 is 21.8 Å². The summed E-state index contributed by atoms with van der Waals surface area (Å²) in [5.74, 6) is 0.261. The van der Waals surface area contributed by atoms with E-state index in [1.165, 1.54) is 12.1 Å². The highest BCUT2D eigenvalue weighted by molar-refractivity contribution is 9.10. The molecular formula is C14H12BrFN2O. The Balaban J connectivity index is 2.10. The van der Waals surface area contributed by atoms with E-state index < -0.39 is 0 Å². The number of ether oxygens (including phenoxy) is 1. The molecule has 5 heteroatoms. The molecule has 0 aliphatic heterocycles. The number of hydrogen-bond donors (Lipinski definition) is 2. The first-order valence-corrected chi connectivity index (χ1v) is 6.37. The molecule has 2 aromatic rings. The number of rotatable bonds is 4. The standard InChI is InChI=1S/C14H12BrFN2O/c15-12-7-11(16)4-5-13(12)19-8-9-2-1-3-10(6-9)14(17)18/h1-7H,8H2,(H3,17,18). The molecule has 2 rings (SSSR count). The Hall–Kier alpha value is -1.88. The summed E-state index contributed by atoms with van der Waals surface area (Å²) in [6.07, 6.45) is 0. The molecule has 0 aliphatic rings. The Morgan fingerprint density at radius 3 is 2.74 bits per heavy atom. The summed E-state index contributed by atoms with van der Waals surface area (Å²) >= 11 is 3.24. The van der Waals surface area contributed by atoms with Crippen LogP contribution in [-0.4, -0.2) is 5.84 Å². The molecule has 0 spiro atoms. The van der Waals surface area contributed by atoms with Gasteiger partial charge < -0.3 is 10.5 Å². The van der Waals surface area contributed by atoms with E-state index >= 15 is 0 Å². The minimum absolute atomic E-state index is 0.0183. The maximum absolute atomic E-state index is 12.9. The van der Waals surface area contributed by atoms with Crippen molar-refractivity contribution in [2.45, 2.75) is 6.61 Å². The Morgan fingerprint density at radius 2 is 2.05 bits per heavy atom. The first-order valence-electron chi connectivity index (χ1n) is 5.57. The fourth-order valence-corrected chi connectivity index (χ4v) is 2.05. The lowest BCUT2D eigenvalue weighted by molar-refractivity contribution is 0.303. The molecule has 19 heavy (non-hydrogen) atoms. The minimum atomic E-state index is -0.321. The molecule has 0 fully saturated rings. The fourth-order valence-electron chi connectivity index (χ4n) is 1.58. The molecule has 0 aromatic heterocycles. The van der Waals surface area contributed by atoms with Crippen LogP contribution >= 0.6 is 15.9 Å². The van der Waals surface area contributed by atoms with Crippen LogP contribution in [0, 0.1) is 11.2 Å². The number of halogens is 2. The molecule has 0 saturated heterocycles. The second kappa shape index (κ2) is 5.84. The highest BCUT2D eigenvalue weighted by atomic mass is 79.9. The van der Waals surface area contributed by atoms with Crippen LogP contribution in [0.1, 0.15) is 11.1 Å². The zero-order valence-corrected chi connectivity index (χ0v) is 11.6. The summed E-state index contributed by atoms with van der Waals surface area (Å²) in [6.45, 7) is 0.325. The smallest absolute Gasteiger partial charge is 0.134 e. The molecular weight excluding hydrogens is 311 g/mol. The van der Waals surface area contributed by atoms with Crippen molar-refractivity contribution in [3.8, 4) is 5.75 Å². The van der Waals surface area contributed by atoms with Crippen molar-refractivity contribution < 1.29 is 9.13 Å². The van der Waals surface area contributed by atoms with E-state index in [0.717, 1.165) is 5.56 Å². The lowest BCUT2D eigenvalue weighted by Gasteiger charge is -2.09. The van der Waals surface area contributed by atoms with Crippen molar-refractivity contribution in [3.05, 3.63) is 63.9 Å². The molecule has 0 amide bonds. The lowest BCUT2D eigenvalue weighted by atomic mass is 10.1. The third-order valence-electron chi connectivity index (χ3n) is 2.53. The van der Waals surface area contributed by atoms with Crippen LogP contribution in [-0.2, 0) is 6.61 Å². The van der Waals surface area contributed by atoms with E-state index in [0.29, 0.717) is 22.4 Å². The first-order chi connectivity index (χ1) is 9.06. The average Bonchev–Trinajstić information content (AvgIpc) is 2.38. The fraction of sp³-hybridized carbons (Fsp3) is 0.0714. The zero-order chi connectivity index (χ0) is 13.8. The predicted molar refractivity (Wildman–Crippen MR) is 75.9 cm³/mol. The van der Waals surface area contributed by atoms with Gasteiger partial charge in [0.25, 0.3) is 0 Å². The predicted octanol–water partition coefficient (Wildman–Crippen LogP) is 3.45. The van der Waals surface area contributed by atoms with Crippen LogP contribution in [0.5, 0.6) is 5.75 Å². The van der Waals surface area contributed by atoms with Gasteiger partial charge in [-0.3, -0.25) is 5.41 Å². The van der Waals surface area contributed by atoms with Crippen LogP contribution in [0.15, 0.2) is 46.9 Å². The van der Waals surface area contributed by atoms with E-state index in [-0.39, 0.29) is 11.7 Å². The van der Waals surface area contributed by atoms with Crippen molar-refractivity contribution in [2.24, 2.45) is 5.73 Å². The molecule has 0 saturated carbocycles. The zero-order valence-electron chi connectivity index (χ0n) is 9.99. The van der Waals surface area contributed by atoms with E-state index in [9.17, 15) is 4.39 Å². The summed E-state index contributed by atoms with van der Waals surface area (Å²) in [5.41, 5.74) is 6.97. The van der Waals surface area contributed by atoms with Crippen molar-refractivity contribution in [1.29, 1.82) is 5.41 Å². The third kappa shape index (κ3) is 3.54. The summed E-state index contributed by atoms with van der Waals surface area (Å²) < 4.78 is 19.1. The van der Waals surface area contributed by atoms with Gasteiger partial charge in [0.1, 0.15) is 24.0 Å². The van der Waals surface area contributed by atoms with Crippen molar-refractivity contribution in [3.63, 3.8) is 0 Å². The quantitative estimate of drug-likeness (QED) is 0.669. The van der Waals surface area contributed by atoms with E-state index in [4.69, 9.17) is 15.9 Å². The molecule has 3 N–H and O–H groups in total. The molecule has 0 aliphatic carbocycles. The molecule has 0 bridgehead atoms. The number of nitrogens with one attached hydrogen (secondary N) is 1. The second-order valence-corrected chi connectivity index (χ2v) is 4.83. The van der Waals surface area contributed by atoms with Crippen molar-refractivity contribution in [1.82, 2.24) is 0 Å². The molecule has 3 nitrogen and oxygen atoms in total. The van der Waals surface area contributed by atoms with E-state index in [2.05, 4.69) is 15.9 Å². The maximum atomic E-state index is 12.9. The van der Waals surface area contributed by atoms with Crippen LogP contribution in [0.3, 0.4) is 0 Å². The number of nitrogen functional groups attached to an aromatic ring is 1. The number of benzene rings is 2. The van der Waals surface area contributed by atoms with Gasteiger partial charge >= 0.3 is 0 Å². The van der Waals surface area contributed by atoms with Crippen LogP contribution in [0.25, 0.3) is 0 Å². The van der Waals surface area contributed by atoms with Gasteiger partial charge in [-0.2, -0.15) is 0 Å². The SMILES string of the molecule is N=C(N)c1cccc(COc2ccc(F)cc2Br)c1. The van der Waals surface area contributed by atoms with Crippen LogP contribution in [0.2, 0.25) is 0 Å². The number of hydrogen-bond acceptors (Lipinski definition) is 2. The van der Waals surface area contributed by atoms with Gasteiger partial charge in [0.15, 0.2) is 0 Å². The molecule has 0 unspecified atom stereocenters. The monoisotopic (exact) mass is 322 g/mol. The lowest BCUT2D eigenvalue weighted by Crippen LogP contribution is -2.11.